The predicted octanol–water partition coefficient (Wildman–Crippen LogP) is 6.33. The lowest BCUT2D eigenvalue weighted by Gasteiger charge is -2.18. The molecule has 0 unspecified atom stereocenters. The van der Waals surface area contributed by atoms with Crippen molar-refractivity contribution in [2.75, 3.05) is 13.7 Å². The molecule has 1 rings (SSSR count). The Bertz CT molecular complexity index is 311. The molecule has 1 N–H and O–H groups in total. The van der Waals surface area contributed by atoms with Crippen LogP contribution < -0.4 is 0 Å². The number of hydrogen-bond donors (Lipinski definition) is 0. The Morgan fingerprint density at radius 2 is 1.19 bits per heavy atom. The molecule has 0 aliphatic heterocycles. The second kappa shape index (κ2) is 13.9. The number of hydrogen-bond acceptors (Lipinski definition) is 1. The molecule has 1 aromatic carbocycles. The monoisotopic (exact) mass is 294 g/mol. The number of benzene rings is 1. The molecule has 2 nitrogen and oxygen atoms in total. The Kier molecular flexibility index (Phi) is 13.3. The van der Waals surface area contributed by atoms with Crippen molar-refractivity contribution in [3.05, 3.63) is 30.3 Å². The van der Waals surface area contributed by atoms with Crippen LogP contribution in [0.3, 0.4) is 0 Å². The molecular weight excluding hydrogens is 260 g/mol. The van der Waals surface area contributed by atoms with E-state index >= 15 is 0 Å². The highest BCUT2D eigenvalue weighted by Crippen LogP contribution is 2.21. The lowest BCUT2D eigenvalue weighted by atomic mass is 10.1. The lowest BCUT2D eigenvalue weighted by Crippen LogP contribution is -2.03. The third-order valence-corrected chi connectivity index (χ3v) is 3.95. The van der Waals surface area contributed by atoms with Crippen molar-refractivity contribution in [3.63, 3.8) is 0 Å². The van der Waals surface area contributed by atoms with E-state index in [2.05, 4.69) is 48.7 Å². The summed E-state index contributed by atoms with van der Waals surface area (Å²) in [5.41, 5.74) is 0. The van der Waals surface area contributed by atoms with Gasteiger partial charge in [-0.3, -0.25) is 0 Å². The summed E-state index contributed by atoms with van der Waals surface area (Å²) in [6.45, 7) is 3.38. The van der Waals surface area contributed by atoms with Gasteiger partial charge in [-0.2, -0.15) is 0 Å². The first-order valence-electron chi connectivity index (χ1n) is 8.52. The fourth-order valence-corrected chi connectivity index (χ4v) is 2.58. The van der Waals surface area contributed by atoms with Gasteiger partial charge in [-0.05, 0) is 6.42 Å². The van der Waals surface area contributed by atoms with E-state index in [9.17, 15) is 0 Å². The van der Waals surface area contributed by atoms with E-state index in [1.807, 2.05) is 0 Å². The van der Waals surface area contributed by atoms with Crippen LogP contribution in [0.2, 0.25) is 0 Å². The van der Waals surface area contributed by atoms with Gasteiger partial charge in [0.15, 0.2) is 13.7 Å². The zero-order chi connectivity index (χ0) is 14.5. The summed E-state index contributed by atoms with van der Waals surface area (Å²) < 4.78 is 3.19. The van der Waals surface area contributed by atoms with Crippen LogP contribution in [0.15, 0.2) is 30.3 Å². The van der Waals surface area contributed by atoms with Gasteiger partial charge < -0.3 is 9.84 Å². The lowest BCUT2D eigenvalue weighted by molar-refractivity contribution is -0.00851. The fraction of sp³-hybridized carbons (Fsp3) is 0.684. The van der Waals surface area contributed by atoms with Crippen LogP contribution in [0, 0.1) is 0 Å². The van der Waals surface area contributed by atoms with Crippen LogP contribution in [0.5, 0.6) is 5.75 Å². The van der Waals surface area contributed by atoms with Crippen molar-refractivity contribution < 1.29 is 9.84 Å². The molecule has 0 aromatic heterocycles. The van der Waals surface area contributed by atoms with Crippen molar-refractivity contribution in [3.8, 4) is 5.75 Å². The molecule has 2 heteroatoms. The van der Waals surface area contributed by atoms with Crippen LogP contribution in [0.25, 0.3) is 0 Å². The molecule has 0 atom stereocenters. The minimum Gasteiger partial charge on any atom is -0.870 e. The van der Waals surface area contributed by atoms with Crippen molar-refractivity contribution in [2.45, 2.75) is 71.1 Å². The molecule has 21 heavy (non-hydrogen) atoms. The van der Waals surface area contributed by atoms with Gasteiger partial charge in [0.1, 0.15) is 0 Å². The molecule has 0 heterocycles. The first kappa shape index (κ1) is 20.0. The molecule has 0 spiro atoms. The smallest absolute Gasteiger partial charge is 0.255 e. The second-order valence-corrected chi connectivity index (χ2v) is 5.84. The van der Waals surface area contributed by atoms with E-state index in [4.69, 9.17) is 0 Å². The molecule has 0 amide bonds. The molecule has 0 aliphatic rings. The largest absolute Gasteiger partial charge is 0.870 e. The normalized spacial score (nSPS) is 10.2. The van der Waals surface area contributed by atoms with Gasteiger partial charge in [-0.15, -0.1) is 0 Å². The standard InChI is InChI=1S/C19H33O.H2O/c1-3-4-5-6-7-8-9-10-11-15-18-20(2)19-16-13-12-14-17-19;/h12-14,16-17H,3-11,15,18H2,1-2H3;1H2/q+1;/p-1. The van der Waals surface area contributed by atoms with Crippen LogP contribution in [-0.4, -0.2) is 19.2 Å². The molecule has 122 valence electrons. The maximum Gasteiger partial charge on any atom is 0.255 e. The molecule has 0 aliphatic carbocycles. The van der Waals surface area contributed by atoms with E-state index in [0.717, 1.165) is 6.61 Å². The fourth-order valence-electron chi connectivity index (χ4n) is 2.58. The topological polar surface area (TPSA) is 32.7 Å². The second-order valence-electron chi connectivity index (χ2n) is 5.84. The molecular formula is C19H34O2. The molecule has 0 saturated heterocycles. The third-order valence-electron chi connectivity index (χ3n) is 3.95. The van der Waals surface area contributed by atoms with Crippen LogP contribution in [-0.2, 0) is 4.37 Å². The Hall–Kier alpha value is -1.02. The summed E-state index contributed by atoms with van der Waals surface area (Å²) >= 11 is 0. The zero-order valence-electron chi connectivity index (χ0n) is 14.0. The van der Waals surface area contributed by atoms with Gasteiger partial charge in [0.05, 0.1) is 0 Å². The maximum atomic E-state index is 3.19. The summed E-state index contributed by atoms with van der Waals surface area (Å²) in [5, 5.41) is 0. The van der Waals surface area contributed by atoms with Crippen LogP contribution in [0.1, 0.15) is 71.1 Å². The van der Waals surface area contributed by atoms with E-state index < -0.39 is 0 Å². The third kappa shape index (κ3) is 10.4. The average molecular weight is 294 g/mol. The number of unbranched alkanes of at least 4 members (excludes halogenated alkanes) is 9. The van der Waals surface area contributed by atoms with Gasteiger partial charge in [0.25, 0.3) is 5.75 Å². The highest BCUT2D eigenvalue weighted by atomic mass is 16.7. The van der Waals surface area contributed by atoms with E-state index in [0.29, 0.717) is 0 Å². The zero-order valence-corrected chi connectivity index (χ0v) is 14.0. The van der Waals surface area contributed by atoms with Gasteiger partial charge >= 0.3 is 0 Å². The predicted molar refractivity (Wildman–Crippen MR) is 91.5 cm³/mol. The summed E-state index contributed by atoms with van der Waals surface area (Å²) in [4.78, 5) is 0. The molecule has 0 saturated carbocycles. The summed E-state index contributed by atoms with van der Waals surface area (Å²) in [6.07, 6.45) is 14.0. The summed E-state index contributed by atoms with van der Waals surface area (Å²) in [5.74, 6) is 1.25. The van der Waals surface area contributed by atoms with Crippen LogP contribution >= 0.6 is 0 Å². The van der Waals surface area contributed by atoms with Gasteiger partial charge in [-0.1, -0.05) is 76.5 Å². The quantitative estimate of drug-likeness (QED) is 0.327. The Morgan fingerprint density at radius 3 is 1.71 bits per heavy atom. The average Bonchev–Trinajstić information content (AvgIpc) is 2.50. The molecule has 1 aromatic rings. The minimum atomic E-state index is 0. The van der Waals surface area contributed by atoms with Gasteiger partial charge in [0.2, 0.25) is 0 Å². The summed E-state index contributed by atoms with van der Waals surface area (Å²) in [7, 11) is 2.11. The highest BCUT2D eigenvalue weighted by Gasteiger charge is 2.04. The molecule has 0 fully saturated rings. The SMILES string of the molecule is CCCCCCCCCCCC[O+](C)c1ccccc1.[OH-]. The maximum absolute atomic E-state index is 3.19. The van der Waals surface area contributed by atoms with Gasteiger partial charge in [-0.25, -0.2) is 0 Å². The Labute approximate surface area is 131 Å². The minimum absolute atomic E-state index is 0. The first-order chi connectivity index (χ1) is 9.84. The van der Waals surface area contributed by atoms with E-state index in [1.54, 1.807) is 0 Å². The number of rotatable bonds is 12. The van der Waals surface area contributed by atoms with Crippen molar-refractivity contribution in [2.24, 2.45) is 0 Å². The van der Waals surface area contributed by atoms with Crippen molar-refractivity contribution in [1.29, 1.82) is 0 Å². The van der Waals surface area contributed by atoms with Gasteiger partial charge in [0, 0.05) is 18.6 Å². The summed E-state index contributed by atoms with van der Waals surface area (Å²) in [6, 6.07) is 10.6. The Morgan fingerprint density at radius 1 is 0.714 bits per heavy atom. The number of para-hydroxylation sites is 1. The van der Waals surface area contributed by atoms with E-state index in [-0.39, 0.29) is 5.48 Å². The Balaban J connectivity index is 0.00000400. The molecule has 0 radical (unpaired) electrons. The van der Waals surface area contributed by atoms with Crippen LogP contribution in [0.4, 0.5) is 0 Å². The first-order valence-corrected chi connectivity index (χ1v) is 8.52. The molecule has 0 bridgehead atoms. The highest BCUT2D eigenvalue weighted by molar-refractivity contribution is 5.21. The van der Waals surface area contributed by atoms with Crippen molar-refractivity contribution in [1.82, 2.24) is 0 Å². The van der Waals surface area contributed by atoms with E-state index in [1.165, 1.54) is 70.0 Å². The van der Waals surface area contributed by atoms with Crippen molar-refractivity contribution >= 4 is 0 Å².